The van der Waals surface area contributed by atoms with E-state index in [1.54, 1.807) is 31.2 Å². The molecule has 2 aromatic carbocycles. The maximum absolute atomic E-state index is 13.4. The third-order valence-electron chi connectivity index (χ3n) is 10.8. The fourth-order valence-electron chi connectivity index (χ4n) is 7.96. The Morgan fingerprint density at radius 2 is 1.98 bits per heavy atom. The van der Waals surface area contributed by atoms with Crippen LogP contribution < -0.4 is 14.4 Å². The Bertz CT molecular complexity index is 1640. The highest BCUT2D eigenvalue weighted by atomic mass is 35.5. The van der Waals surface area contributed by atoms with Crippen LogP contribution in [0.3, 0.4) is 0 Å². The number of aliphatic hydroxyl groups is 1. The lowest BCUT2D eigenvalue weighted by atomic mass is 9.62. The molecule has 1 amide bonds. The average Bonchev–Trinajstić information content (AvgIpc) is 3.10. The van der Waals surface area contributed by atoms with Crippen LogP contribution in [0.5, 0.6) is 5.75 Å². The van der Waals surface area contributed by atoms with Crippen molar-refractivity contribution < 1.29 is 27.9 Å². The number of sulfonamides is 1. The van der Waals surface area contributed by atoms with Crippen molar-refractivity contribution >= 4 is 39.0 Å². The molecule has 6 atom stereocenters. The molecule has 242 valence electrons. The highest BCUT2D eigenvalue weighted by Gasteiger charge is 2.48. The first-order chi connectivity index (χ1) is 21.3. The van der Waals surface area contributed by atoms with E-state index in [2.05, 4.69) is 15.7 Å². The van der Waals surface area contributed by atoms with E-state index in [1.807, 2.05) is 25.1 Å². The summed E-state index contributed by atoms with van der Waals surface area (Å²) in [7, 11) is -4.00. The number of ketones is 1. The molecule has 8 nitrogen and oxygen atoms in total. The minimum Gasteiger partial charge on any atom is -0.490 e. The first-order valence-corrected chi connectivity index (χ1v) is 18.0. The molecule has 1 fully saturated rings. The molecule has 2 N–H and O–H groups in total. The molecule has 0 unspecified atom stereocenters. The SMILES string of the molecule is CC(=O)C[C@]1(O)/C=C/C[C@H](C)[C@@H](C)S(=O)(=O)NC(=O)c2ccc3c(c2)N(C[C@@H]2CC[C@H]21)C[C@@]1(CCCc2cc(Cl)ccc21)CO3. The number of hydrogen-bond donors (Lipinski definition) is 2. The van der Waals surface area contributed by atoms with E-state index in [9.17, 15) is 23.1 Å². The van der Waals surface area contributed by atoms with Crippen molar-refractivity contribution in [1.29, 1.82) is 0 Å². The molecule has 0 radical (unpaired) electrons. The number of Topliss-reactive ketones (excluding diaryl/α,β-unsaturated/α-hetero) is 1. The molecule has 0 saturated heterocycles. The van der Waals surface area contributed by atoms with E-state index >= 15 is 0 Å². The number of nitrogens with one attached hydrogen (secondary N) is 1. The zero-order valence-electron chi connectivity index (χ0n) is 26.2. The van der Waals surface area contributed by atoms with Gasteiger partial charge in [-0.15, -0.1) is 0 Å². The molecule has 4 aliphatic rings. The van der Waals surface area contributed by atoms with Gasteiger partial charge >= 0.3 is 0 Å². The van der Waals surface area contributed by atoms with Crippen LogP contribution in [0.15, 0.2) is 48.6 Å². The Kier molecular flexibility index (Phi) is 8.59. The molecular weight excluding hydrogens is 612 g/mol. The quantitative estimate of drug-likeness (QED) is 0.406. The number of halogens is 1. The summed E-state index contributed by atoms with van der Waals surface area (Å²) in [4.78, 5) is 28.1. The van der Waals surface area contributed by atoms with Gasteiger partial charge in [-0.25, -0.2) is 13.1 Å². The topological polar surface area (TPSA) is 113 Å². The van der Waals surface area contributed by atoms with Crippen LogP contribution in [0.2, 0.25) is 5.02 Å². The maximum Gasteiger partial charge on any atom is 0.264 e. The molecule has 45 heavy (non-hydrogen) atoms. The number of rotatable bonds is 2. The fraction of sp³-hybridized carbons (Fsp3) is 0.543. The number of benzene rings is 2. The summed E-state index contributed by atoms with van der Waals surface area (Å²) >= 11 is 6.40. The second-order valence-corrected chi connectivity index (χ2v) is 16.4. The van der Waals surface area contributed by atoms with Crippen LogP contribution in [-0.4, -0.2) is 55.8 Å². The maximum atomic E-state index is 13.4. The second kappa shape index (κ2) is 12.0. The van der Waals surface area contributed by atoms with E-state index in [1.165, 1.54) is 18.1 Å². The van der Waals surface area contributed by atoms with Crippen LogP contribution in [-0.2, 0) is 26.7 Å². The third-order valence-corrected chi connectivity index (χ3v) is 12.9. The van der Waals surface area contributed by atoms with Gasteiger partial charge in [0, 0.05) is 35.5 Å². The van der Waals surface area contributed by atoms with Gasteiger partial charge in [-0.2, -0.15) is 0 Å². The summed E-state index contributed by atoms with van der Waals surface area (Å²) in [6.45, 7) is 6.56. The van der Waals surface area contributed by atoms with Crippen LogP contribution in [0.25, 0.3) is 0 Å². The van der Waals surface area contributed by atoms with Gasteiger partial charge in [0.25, 0.3) is 5.91 Å². The van der Waals surface area contributed by atoms with E-state index < -0.39 is 26.8 Å². The van der Waals surface area contributed by atoms with Crippen LogP contribution >= 0.6 is 11.6 Å². The van der Waals surface area contributed by atoms with Crippen molar-refractivity contribution in [2.75, 3.05) is 24.6 Å². The Morgan fingerprint density at radius 3 is 2.71 bits per heavy atom. The fourth-order valence-corrected chi connectivity index (χ4v) is 9.44. The van der Waals surface area contributed by atoms with E-state index in [4.69, 9.17) is 16.3 Å². The highest BCUT2D eigenvalue weighted by molar-refractivity contribution is 7.90. The zero-order chi connectivity index (χ0) is 32.1. The van der Waals surface area contributed by atoms with Crippen molar-refractivity contribution in [3.63, 3.8) is 0 Å². The minimum absolute atomic E-state index is 0.00484. The molecule has 2 aliphatic carbocycles. The number of ether oxygens (including phenoxy) is 1. The minimum atomic E-state index is -4.00. The van der Waals surface area contributed by atoms with Crippen molar-refractivity contribution in [3.05, 3.63) is 70.3 Å². The Hall–Kier alpha value is -2.88. The van der Waals surface area contributed by atoms with Gasteiger partial charge in [-0.3, -0.25) is 9.59 Å². The summed E-state index contributed by atoms with van der Waals surface area (Å²) in [6, 6.07) is 11.2. The number of carbonyl (C=O) groups is 2. The summed E-state index contributed by atoms with van der Waals surface area (Å²) in [5, 5.41) is 11.9. The van der Waals surface area contributed by atoms with E-state index in [0.717, 1.165) is 37.8 Å². The number of aryl methyl sites for hydroxylation is 1. The van der Waals surface area contributed by atoms with Gasteiger partial charge in [0.15, 0.2) is 0 Å². The van der Waals surface area contributed by atoms with E-state index in [-0.39, 0.29) is 40.9 Å². The van der Waals surface area contributed by atoms with Gasteiger partial charge in [0.2, 0.25) is 10.0 Å². The summed E-state index contributed by atoms with van der Waals surface area (Å²) < 4.78 is 35.4. The van der Waals surface area contributed by atoms with Crippen LogP contribution in [0.4, 0.5) is 5.69 Å². The van der Waals surface area contributed by atoms with Crippen molar-refractivity contribution in [2.24, 2.45) is 17.8 Å². The summed E-state index contributed by atoms with van der Waals surface area (Å²) in [5.41, 5.74) is 1.73. The van der Waals surface area contributed by atoms with Gasteiger partial charge in [0.05, 0.1) is 23.1 Å². The molecule has 2 bridgehead atoms. The number of nitrogens with zero attached hydrogens (tertiary/aromatic N) is 1. The molecular formula is C35H43ClN2O6S. The largest absolute Gasteiger partial charge is 0.490 e. The zero-order valence-corrected chi connectivity index (χ0v) is 27.8. The lowest BCUT2D eigenvalue weighted by Gasteiger charge is -2.49. The average molecular weight is 655 g/mol. The van der Waals surface area contributed by atoms with Crippen molar-refractivity contribution in [2.45, 2.75) is 82.0 Å². The predicted octanol–water partition coefficient (Wildman–Crippen LogP) is 5.59. The van der Waals surface area contributed by atoms with Crippen molar-refractivity contribution in [1.82, 2.24) is 4.72 Å². The first kappa shape index (κ1) is 32.1. The molecule has 2 aromatic rings. The van der Waals surface area contributed by atoms with Gasteiger partial charge in [-0.05, 0) is 112 Å². The molecule has 1 spiro atoms. The predicted molar refractivity (Wildman–Crippen MR) is 175 cm³/mol. The first-order valence-electron chi connectivity index (χ1n) is 16.1. The normalized spacial score (nSPS) is 33.4. The van der Waals surface area contributed by atoms with Crippen LogP contribution in [0.1, 0.15) is 80.8 Å². The number of amides is 1. The molecule has 0 aromatic heterocycles. The van der Waals surface area contributed by atoms with Gasteiger partial charge < -0.3 is 14.7 Å². The number of hydrogen-bond acceptors (Lipinski definition) is 7. The number of allylic oxidation sites excluding steroid dienone is 1. The Labute approximate surface area is 271 Å². The molecule has 1 saturated carbocycles. The van der Waals surface area contributed by atoms with Crippen LogP contribution in [0, 0.1) is 17.8 Å². The monoisotopic (exact) mass is 654 g/mol. The number of anilines is 1. The Morgan fingerprint density at radius 1 is 1.18 bits per heavy atom. The molecule has 10 heteroatoms. The summed E-state index contributed by atoms with van der Waals surface area (Å²) in [6.07, 6.45) is 8.44. The van der Waals surface area contributed by atoms with E-state index in [0.29, 0.717) is 36.9 Å². The molecule has 2 aliphatic heterocycles. The van der Waals surface area contributed by atoms with Crippen molar-refractivity contribution in [3.8, 4) is 5.75 Å². The molecule has 6 rings (SSSR count). The highest BCUT2D eigenvalue weighted by Crippen LogP contribution is 2.49. The third kappa shape index (κ3) is 6.15. The Balaban J connectivity index is 1.46. The lowest BCUT2D eigenvalue weighted by Crippen LogP contribution is -2.53. The van der Waals surface area contributed by atoms with Gasteiger partial charge in [-0.1, -0.05) is 36.7 Å². The number of fused-ring (bicyclic) bond motifs is 4. The summed E-state index contributed by atoms with van der Waals surface area (Å²) in [5.74, 6) is -0.521. The smallest absolute Gasteiger partial charge is 0.264 e. The standard InChI is InChI=1S/C35H43ClN2O6S/c1-22-6-4-15-35(41,18-23(2)39)30-11-8-27(30)19-38-20-34(14-5-7-25-16-28(36)10-12-29(25)34)21-44-32-13-9-26(17-31(32)38)33(40)37-45(42,43)24(22)3/h4,9-10,12-13,15-17,22,24,27,30,41H,5-8,11,14,18-21H2,1-3H3,(H,37,40)/b15-4+/t22-,24+,27-,30+,34-,35+/m0/s1. The van der Waals surface area contributed by atoms with Gasteiger partial charge in [0.1, 0.15) is 11.5 Å². The molecule has 2 heterocycles. The number of carbonyl (C=O) groups excluding carboxylic acids is 2. The lowest BCUT2D eigenvalue weighted by molar-refractivity contribution is -0.125. The second-order valence-electron chi connectivity index (χ2n) is 13.9.